The summed E-state index contributed by atoms with van der Waals surface area (Å²) in [6.07, 6.45) is 2.43. The standard InChI is InChI=1S/C12H22N2O5S/c1-3-6-20(18,19)13-9(2)12(17)14(8-11(15)16)7-10-4-5-10/h9-10,13H,3-8H2,1-2H3,(H,15,16). The van der Waals surface area contributed by atoms with Crippen LogP contribution in [0.5, 0.6) is 0 Å². The van der Waals surface area contributed by atoms with Crippen LogP contribution in [0, 0.1) is 5.92 Å². The Morgan fingerprint density at radius 3 is 2.45 bits per heavy atom. The zero-order valence-corrected chi connectivity index (χ0v) is 12.6. The molecule has 0 saturated heterocycles. The van der Waals surface area contributed by atoms with Gasteiger partial charge < -0.3 is 10.0 Å². The van der Waals surface area contributed by atoms with E-state index >= 15 is 0 Å². The molecule has 1 aliphatic carbocycles. The number of carbonyl (C=O) groups excluding carboxylic acids is 1. The number of aliphatic carboxylic acids is 1. The summed E-state index contributed by atoms with van der Waals surface area (Å²) in [4.78, 5) is 24.2. The monoisotopic (exact) mass is 306 g/mol. The maximum absolute atomic E-state index is 12.2. The van der Waals surface area contributed by atoms with Crippen LogP contribution in [0.3, 0.4) is 0 Å². The molecule has 116 valence electrons. The van der Waals surface area contributed by atoms with Gasteiger partial charge in [0.05, 0.1) is 11.8 Å². The van der Waals surface area contributed by atoms with Crippen molar-refractivity contribution in [3.8, 4) is 0 Å². The topological polar surface area (TPSA) is 104 Å². The van der Waals surface area contributed by atoms with Crippen molar-refractivity contribution < 1.29 is 23.1 Å². The lowest BCUT2D eigenvalue weighted by Crippen LogP contribution is -2.49. The van der Waals surface area contributed by atoms with Crippen LogP contribution in [0.2, 0.25) is 0 Å². The fraction of sp³-hybridized carbons (Fsp3) is 0.833. The number of rotatable bonds is 9. The van der Waals surface area contributed by atoms with Crippen molar-refractivity contribution in [3.05, 3.63) is 0 Å². The number of hydrogen-bond donors (Lipinski definition) is 2. The Morgan fingerprint density at radius 1 is 1.40 bits per heavy atom. The van der Waals surface area contributed by atoms with Crippen LogP contribution in [0.25, 0.3) is 0 Å². The maximum atomic E-state index is 12.2. The molecule has 0 radical (unpaired) electrons. The number of amides is 1. The second kappa shape index (κ2) is 7.03. The van der Waals surface area contributed by atoms with Crippen LogP contribution in [0.15, 0.2) is 0 Å². The zero-order valence-electron chi connectivity index (χ0n) is 11.8. The summed E-state index contributed by atoms with van der Waals surface area (Å²) in [6.45, 7) is 3.16. The molecule has 8 heteroatoms. The molecule has 1 saturated carbocycles. The van der Waals surface area contributed by atoms with Gasteiger partial charge >= 0.3 is 5.97 Å². The number of carboxylic acid groups (broad SMARTS) is 1. The van der Waals surface area contributed by atoms with E-state index in [0.717, 1.165) is 12.8 Å². The first kappa shape index (κ1) is 16.9. The number of hydrogen-bond acceptors (Lipinski definition) is 4. The molecule has 1 atom stereocenters. The van der Waals surface area contributed by atoms with Crippen LogP contribution < -0.4 is 4.72 Å². The molecule has 0 heterocycles. The summed E-state index contributed by atoms with van der Waals surface area (Å²) in [6, 6.07) is -0.940. The molecule has 0 aliphatic heterocycles. The van der Waals surface area contributed by atoms with E-state index in [4.69, 9.17) is 5.11 Å². The Hall–Kier alpha value is -1.15. The molecule has 0 aromatic rings. The molecule has 2 N–H and O–H groups in total. The van der Waals surface area contributed by atoms with Gasteiger partial charge in [-0.3, -0.25) is 9.59 Å². The first-order valence-corrected chi connectivity index (χ1v) is 8.41. The Morgan fingerprint density at radius 2 is 2.00 bits per heavy atom. The predicted molar refractivity (Wildman–Crippen MR) is 73.6 cm³/mol. The summed E-state index contributed by atoms with van der Waals surface area (Å²) in [5, 5.41) is 8.83. The molecule has 7 nitrogen and oxygen atoms in total. The number of carbonyl (C=O) groups is 2. The lowest BCUT2D eigenvalue weighted by molar-refractivity contribution is -0.145. The Balaban J connectivity index is 2.64. The van der Waals surface area contributed by atoms with Gasteiger partial charge in [-0.25, -0.2) is 13.1 Å². The number of nitrogens with one attached hydrogen (secondary N) is 1. The second-order valence-electron chi connectivity index (χ2n) is 5.21. The normalized spacial score (nSPS) is 16.7. The minimum atomic E-state index is -3.50. The summed E-state index contributed by atoms with van der Waals surface area (Å²) in [5.74, 6) is -1.29. The third-order valence-corrected chi connectivity index (χ3v) is 4.67. The molecule has 1 rings (SSSR count). The molecular weight excluding hydrogens is 284 g/mol. The van der Waals surface area contributed by atoms with Crippen molar-refractivity contribution in [3.63, 3.8) is 0 Å². The first-order valence-electron chi connectivity index (χ1n) is 6.75. The molecule has 0 aromatic heterocycles. The lowest BCUT2D eigenvalue weighted by Gasteiger charge is -2.24. The molecule has 1 fully saturated rings. The molecule has 1 unspecified atom stereocenters. The van der Waals surface area contributed by atoms with Crippen molar-refractivity contribution in [2.75, 3.05) is 18.8 Å². The van der Waals surface area contributed by atoms with Gasteiger partial charge in [-0.1, -0.05) is 6.92 Å². The molecule has 1 amide bonds. The van der Waals surface area contributed by atoms with Gasteiger partial charge in [0.2, 0.25) is 15.9 Å². The zero-order chi connectivity index (χ0) is 15.3. The first-order chi connectivity index (χ1) is 9.25. The van der Waals surface area contributed by atoms with Gasteiger partial charge in [0.1, 0.15) is 6.54 Å². The number of carboxylic acids is 1. The fourth-order valence-corrected chi connectivity index (χ4v) is 3.22. The Labute approximate surface area is 119 Å². The highest BCUT2D eigenvalue weighted by Gasteiger charge is 2.31. The van der Waals surface area contributed by atoms with Crippen LogP contribution in [0.1, 0.15) is 33.1 Å². The van der Waals surface area contributed by atoms with Gasteiger partial charge in [-0.2, -0.15) is 0 Å². The van der Waals surface area contributed by atoms with Crippen LogP contribution in [-0.4, -0.2) is 55.2 Å². The summed E-state index contributed by atoms with van der Waals surface area (Å²) in [7, 11) is -3.50. The second-order valence-corrected chi connectivity index (χ2v) is 7.09. The minimum Gasteiger partial charge on any atom is -0.480 e. The molecule has 0 bridgehead atoms. The predicted octanol–water partition coefficient (Wildman–Crippen LogP) is 0.0275. The fourth-order valence-electron chi connectivity index (χ4n) is 1.93. The number of nitrogens with zero attached hydrogens (tertiary/aromatic N) is 1. The van der Waals surface area contributed by atoms with Gasteiger partial charge in [0.25, 0.3) is 0 Å². The van der Waals surface area contributed by atoms with Gasteiger partial charge in [0, 0.05) is 6.54 Å². The van der Waals surface area contributed by atoms with Crippen molar-refractivity contribution >= 4 is 21.9 Å². The van der Waals surface area contributed by atoms with E-state index in [1.807, 2.05) is 0 Å². The van der Waals surface area contributed by atoms with Crippen LogP contribution in [-0.2, 0) is 19.6 Å². The average molecular weight is 306 g/mol. The van der Waals surface area contributed by atoms with E-state index in [1.165, 1.54) is 11.8 Å². The lowest BCUT2D eigenvalue weighted by atomic mass is 10.2. The van der Waals surface area contributed by atoms with Crippen LogP contribution >= 0.6 is 0 Å². The summed E-state index contributed by atoms with van der Waals surface area (Å²) < 4.78 is 25.5. The minimum absolute atomic E-state index is 0.0494. The summed E-state index contributed by atoms with van der Waals surface area (Å²) >= 11 is 0. The molecule has 20 heavy (non-hydrogen) atoms. The van der Waals surface area contributed by atoms with Gasteiger partial charge in [-0.15, -0.1) is 0 Å². The third-order valence-electron chi connectivity index (χ3n) is 3.01. The van der Waals surface area contributed by atoms with E-state index in [1.54, 1.807) is 6.92 Å². The van der Waals surface area contributed by atoms with Crippen molar-refractivity contribution in [2.24, 2.45) is 5.92 Å². The Bertz CT molecular complexity index is 458. The molecule has 0 aromatic carbocycles. The van der Waals surface area contributed by atoms with E-state index in [-0.39, 0.29) is 5.75 Å². The Kier molecular flexibility index (Phi) is 5.94. The molecule has 1 aliphatic rings. The van der Waals surface area contributed by atoms with Crippen molar-refractivity contribution in [1.82, 2.24) is 9.62 Å². The van der Waals surface area contributed by atoms with E-state index in [9.17, 15) is 18.0 Å². The van der Waals surface area contributed by atoms with Crippen molar-refractivity contribution in [2.45, 2.75) is 39.2 Å². The van der Waals surface area contributed by atoms with Crippen molar-refractivity contribution in [1.29, 1.82) is 0 Å². The molecular formula is C12H22N2O5S. The van der Waals surface area contributed by atoms with E-state index in [2.05, 4.69) is 4.72 Å². The highest BCUT2D eigenvalue weighted by Crippen LogP contribution is 2.29. The quantitative estimate of drug-likeness (QED) is 0.625. The highest BCUT2D eigenvalue weighted by atomic mass is 32.2. The van der Waals surface area contributed by atoms with Gasteiger partial charge in [-0.05, 0) is 32.1 Å². The SMILES string of the molecule is CCCS(=O)(=O)NC(C)C(=O)N(CC(=O)O)CC1CC1. The average Bonchev–Trinajstić information content (AvgIpc) is 3.09. The van der Waals surface area contributed by atoms with Gasteiger partial charge in [0.15, 0.2) is 0 Å². The van der Waals surface area contributed by atoms with Crippen LogP contribution in [0.4, 0.5) is 0 Å². The summed E-state index contributed by atoms with van der Waals surface area (Å²) in [5.41, 5.74) is 0. The van der Waals surface area contributed by atoms with E-state index in [0.29, 0.717) is 18.9 Å². The maximum Gasteiger partial charge on any atom is 0.323 e. The third kappa shape index (κ3) is 5.87. The number of sulfonamides is 1. The smallest absolute Gasteiger partial charge is 0.323 e. The highest BCUT2D eigenvalue weighted by molar-refractivity contribution is 7.89. The molecule has 0 spiro atoms. The largest absolute Gasteiger partial charge is 0.480 e. The van der Waals surface area contributed by atoms with E-state index < -0.39 is 34.5 Å².